The first kappa shape index (κ1) is 12.9. The fourth-order valence-corrected chi connectivity index (χ4v) is 2.48. The van der Waals surface area contributed by atoms with Crippen LogP contribution in [0.5, 0.6) is 11.5 Å². The summed E-state index contributed by atoms with van der Waals surface area (Å²) in [4.78, 5) is 12.2. The van der Waals surface area contributed by atoms with Gasteiger partial charge in [0.2, 0.25) is 0 Å². The second kappa shape index (κ2) is 5.38. The fourth-order valence-electron chi connectivity index (χ4n) is 2.48. The molecule has 0 heterocycles. The molecule has 1 aliphatic carbocycles. The van der Waals surface area contributed by atoms with Crippen LogP contribution in [-0.2, 0) is 0 Å². The van der Waals surface area contributed by atoms with Crippen molar-refractivity contribution in [3.05, 3.63) is 23.5 Å². The SMILES string of the molecule is COc1cc(C(=O)C2CCCCC2)c(F)cc1O. The number of halogens is 1. The first-order chi connectivity index (χ1) is 8.63. The van der Waals surface area contributed by atoms with Gasteiger partial charge in [-0.05, 0) is 18.9 Å². The Bertz CT molecular complexity index is 451. The average Bonchev–Trinajstić information content (AvgIpc) is 2.39. The lowest BCUT2D eigenvalue weighted by molar-refractivity contribution is 0.0885. The van der Waals surface area contributed by atoms with Crippen LogP contribution in [0.15, 0.2) is 12.1 Å². The topological polar surface area (TPSA) is 46.5 Å². The van der Waals surface area contributed by atoms with Crippen molar-refractivity contribution in [2.45, 2.75) is 32.1 Å². The lowest BCUT2D eigenvalue weighted by atomic mass is 9.83. The number of ketones is 1. The Morgan fingerprint density at radius 2 is 2.00 bits per heavy atom. The number of benzene rings is 1. The van der Waals surface area contributed by atoms with E-state index < -0.39 is 5.82 Å². The van der Waals surface area contributed by atoms with Crippen molar-refractivity contribution in [3.63, 3.8) is 0 Å². The van der Waals surface area contributed by atoms with Crippen molar-refractivity contribution >= 4 is 5.78 Å². The molecule has 0 spiro atoms. The summed E-state index contributed by atoms with van der Waals surface area (Å²) >= 11 is 0. The minimum Gasteiger partial charge on any atom is -0.504 e. The molecule has 1 fully saturated rings. The number of hydrogen-bond acceptors (Lipinski definition) is 3. The number of phenolic OH excluding ortho intramolecular Hbond substituents is 1. The summed E-state index contributed by atoms with van der Waals surface area (Å²) in [7, 11) is 1.38. The number of methoxy groups -OCH3 is 1. The van der Waals surface area contributed by atoms with Gasteiger partial charge in [-0.3, -0.25) is 4.79 Å². The van der Waals surface area contributed by atoms with Crippen LogP contribution in [0.4, 0.5) is 4.39 Å². The van der Waals surface area contributed by atoms with Crippen molar-refractivity contribution in [3.8, 4) is 11.5 Å². The smallest absolute Gasteiger partial charge is 0.169 e. The zero-order valence-corrected chi connectivity index (χ0v) is 10.4. The summed E-state index contributed by atoms with van der Waals surface area (Å²) in [6.45, 7) is 0. The van der Waals surface area contributed by atoms with Gasteiger partial charge < -0.3 is 9.84 Å². The lowest BCUT2D eigenvalue weighted by Gasteiger charge is -2.20. The Labute approximate surface area is 106 Å². The molecule has 0 unspecified atom stereocenters. The molecule has 1 aromatic rings. The number of Topliss-reactive ketones (excluding diaryl/α,β-unsaturated/α-hetero) is 1. The van der Waals surface area contributed by atoms with E-state index in [9.17, 15) is 14.3 Å². The molecule has 0 amide bonds. The summed E-state index contributed by atoms with van der Waals surface area (Å²) in [6.07, 6.45) is 4.83. The van der Waals surface area contributed by atoms with Crippen LogP contribution in [0.25, 0.3) is 0 Å². The number of aromatic hydroxyl groups is 1. The molecule has 1 N–H and O–H groups in total. The lowest BCUT2D eigenvalue weighted by Crippen LogP contribution is -2.19. The van der Waals surface area contributed by atoms with Gasteiger partial charge in [-0.2, -0.15) is 0 Å². The summed E-state index contributed by atoms with van der Waals surface area (Å²) in [5.41, 5.74) is 0.0246. The van der Waals surface area contributed by atoms with Gasteiger partial charge in [0.15, 0.2) is 17.3 Å². The Hall–Kier alpha value is -1.58. The Kier molecular flexibility index (Phi) is 3.84. The number of hydrogen-bond donors (Lipinski definition) is 1. The standard InChI is InChI=1S/C14H17FO3/c1-18-13-7-10(11(15)8-12(13)16)14(17)9-5-3-2-4-6-9/h7-9,16H,2-6H2,1H3. The molecule has 0 radical (unpaired) electrons. The normalized spacial score (nSPS) is 16.6. The highest BCUT2D eigenvalue weighted by atomic mass is 19.1. The van der Waals surface area contributed by atoms with Crippen LogP contribution >= 0.6 is 0 Å². The summed E-state index contributed by atoms with van der Waals surface area (Å²) in [6, 6.07) is 2.23. The molecule has 98 valence electrons. The molecule has 18 heavy (non-hydrogen) atoms. The maximum absolute atomic E-state index is 13.7. The van der Waals surface area contributed by atoms with E-state index in [0.29, 0.717) is 0 Å². The second-order valence-electron chi connectivity index (χ2n) is 4.70. The Balaban J connectivity index is 2.28. The third kappa shape index (κ3) is 2.47. The number of phenols is 1. The molecule has 3 nitrogen and oxygen atoms in total. The van der Waals surface area contributed by atoms with E-state index in [1.165, 1.54) is 13.2 Å². The monoisotopic (exact) mass is 252 g/mol. The van der Waals surface area contributed by atoms with Crippen LogP contribution < -0.4 is 4.74 Å². The predicted molar refractivity (Wildman–Crippen MR) is 65.5 cm³/mol. The average molecular weight is 252 g/mol. The Morgan fingerprint density at radius 3 is 2.61 bits per heavy atom. The number of carbonyl (C=O) groups excluding carboxylic acids is 1. The molecule has 0 aromatic heterocycles. The number of carbonyl (C=O) groups is 1. The predicted octanol–water partition coefficient (Wildman–Crippen LogP) is 3.30. The summed E-state index contributed by atoms with van der Waals surface area (Å²) in [5.74, 6) is -1.09. The number of ether oxygens (including phenoxy) is 1. The van der Waals surface area contributed by atoms with Crippen LogP contribution in [0.2, 0.25) is 0 Å². The van der Waals surface area contributed by atoms with Crippen molar-refractivity contribution in [2.75, 3.05) is 7.11 Å². The van der Waals surface area contributed by atoms with Gasteiger partial charge in [0.05, 0.1) is 12.7 Å². The van der Waals surface area contributed by atoms with Gasteiger partial charge in [0.25, 0.3) is 0 Å². The van der Waals surface area contributed by atoms with Crippen LogP contribution in [0, 0.1) is 11.7 Å². The van der Waals surface area contributed by atoms with Gasteiger partial charge in [0.1, 0.15) is 5.82 Å². The Morgan fingerprint density at radius 1 is 1.33 bits per heavy atom. The highest BCUT2D eigenvalue weighted by Gasteiger charge is 2.25. The van der Waals surface area contributed by atoms with Crippen molar-refractivity contribution < 1.29 is 19.0 Å². The molecule has 0 bridgehead atoms. The first-order valence-electron chi connectivity index (χ1n) is 6.24. The van der Waals surface area contributed by atoms with E-state index in [2.05, 4.69) is 0 Å². The van der Waals surface area contributed by atoms with Crippen LogP contribution in [0.3, 0.4) is 0 Å². The second-order valence-corrected chi connectivity index (χ2v) is 4.70. The van der Waals surface area contributed by atoms with Gasteiger partial charge in [0, 0.05) is 12.0 Å². The minimum absolute atomic E-state index is 0.0246. The molecular weight excluding hydrogens is 235 g/mol. The maximum Gasteiger partial charge on any atom is 0.169 e. The van der Waals surface area contributed by atoms with Crippen LogP contribution in [0.1, 0.15) is 42.5 Å². The van der Waals surface area contributed by atoms with Gasteiger partial charge in [-0.25, -0.2) is 4.39 Å². The molecule has 0 saturated heterocycles. The summed E-state index contributed by atoms with van der Waals surface area (Å²) < 4.78 is 18.6. The van der Waals surface area contributed by atoms with Crippen molar-refractivity contribution in [1.29, 1.82) is 0 Å². The highest BCUT2D eigenvalue weighted by molar-refractivity contribution is 5.98. The zero-order chi connectivity index (χ0) is 13.1. The zero-order valence-electron chi connectivity index (χ0n) is 10.4. The van der Waals surface area contributed by atoms with Crippen LogP contribution in [-0.4, -0.2) is 18.0 Å². The molecular formula is C14H17FO3. The van der Waals surface area contributed by atoms with E-state index in [0.717, 1.165) is 38.2 Å². The molecule has 0 aliphatic heterocycles. The highest BCUT2D eigenvalue weighted by Crippen LogP contribution is 2.32. The van der Waals surface area contributed by atoms with E-state index >= 15 is 0 Å². The molecule has 1 aliphatic rings. The van der Waals surface area contributed by atoms with E-state index in [-0.39, 0.29) is 28.8 Å². The van der Waals surface area contributed by atoms with Crippen molar-refractivity contribution in [2.24, 2.45) is 5.92 Å². The first-order valence-corrected chi connectivity index (χ1v) is 6.24. The van der Waals surface area contributed by atoms with Gasteiger partial charge in [-0.15, -0.1) is 0 Å². The fraction of sp³-hybridized carbons (Fsp3) is 0.500. The quantitative estimate of drug-likeness (QED) is 0.839. The maximum atomic E-state index is 13.7. The minimum atomic E-state index is -0.677. The van der Waals surface area contributed by atoms with E-state index in [1.54, 1.807) is 0 Å². The van der Waals surface area contributed by atoms with Gasteiger partial charge in [-0.1, -0.05) is 19.3 Å². The molecule has 1 saturated carbocycles. The molecule has 0 atom stereocenters. The van der Waals surface area contributed by atoms with E-state index in [4.69, 9.17) is 4.74 Å². The van der Waals surface area contributed by atoms with E-state index in [1.807, 2.05) is 0 Å². The molecule has 2 rings (SSSR count). The van der Waals surface area contributed by atoms with Crippen molar-refractivity contribution in [1.82, 2.24) is 0 Å². The molecule has 4 heteroatoms. The third-order valence-electron chi connectivity index (χ3n) is 3.51. The third-order valence-corrected chi connectivity index (χ3v) is 3.51. The summed E-state index contributed by atoms with van der Waals surface area (Å²) in [5, 5.41) is 9.43. The number of rotatable bonds is 3. The molecule has 1 aromatic carbocycles. The van der Waals surface area contributed by atoms with Gasteiger partial charge >= 0.3 is 0 Å². The largest absolute Gasteiger partial charge is 0.504 e.